The van der Waals surface area contributed by atoms with Crippen LogP contribution in [0, 0.1) is 0 Å². The van der Waals surface area contributed by atoms with Crippen molar-refractivity contribution in [3.63, 3.8) is 0 Å². The van der Waals surface area contributed by atoms with Gasteiger partial charge in [-0.15, -0.1) is 0 Å². The molecule has 0 atom stereocenters. The summed E-state index contributed by atoms with van der Waals surface area (Å²) in [5.74, 6) is -0.387. The van der Waals surface area contributed by atoms with E-state index in [4.69, 9.17) is 5.11 Å². The lowest BCUT2D eigenvalue weighted by atomic mass is 10.2. The van der Waals surface area contributed by atoms with Gasteiger partial charge in [0.25, 0.3) is 6.43 Å². The zero-order valence-electron chi connectivity index (χ0n) is 5.97. The summed E-state index contributed by atoms with van der Waals surface area (Å²) in [6.07, 6.45) is -1.88. The third-order valence-electron chi connectivity index (χ3n) is 1.35. The number of aromatic hydroxyl groups is 1. The van der Waals surface area contributed by atoms with E-state index in [9.17, 15) is 13.2 Å². The third kappa shape index (κ3) is 1.66. The summed E-state index contributed by atoms with van der Waals surface area (Å²) in [5, 5.41) is 8.76. The summed E-state index contributed by atoms with van der Waals surface area (Å²) in [4.78, 5) is 3.31. The number of hydrogen-bond acceptors (Lipinski definition) is 2. The molecule has 0 aliphatic heterocycles. The molecule has 2 nitrogen and oxygen atoms in total. The molecular formula is C7H6F3NO. The predicted molar refractivity (Wildman–Crippen MR) is 35.7 cm³/mol. The molecule has 0 saturated carbocycles. The molecule has 0 radical (unpaired) electrons. The summed E-state index contributed by atoms with van der Waals surface area (Å²) in [6, 6.07) is 0.812. The quantitative estimate of drug-likeness (QED) is 0.751. The molecule has 1 N–H and O–H groups in total. The van der Waals surface area contributed by atoms with Gasteiger partial charge in [0.15, 0.2) is 0 Å². The lowest BCUT2D eigenvalue weighted by Gasteiger charge is -2.03. The Bertz CT molecular complexity index is 277. The van der Waals surface area contributed by atoms with Gasteiger partial charge in [-0.05, 0) is 6.07 Å². The largest absolute Gasteiger partial charge is 0.506 e. The molecule has 1 rings (SSSR count). The third-order valence-corrected chi connectivity index (χ3v) is 1.35. The molecule has 1 aromatic heterocycles. The number of nitrogens with zero attached hydrogens (tertiary/aromatic N) is 1. The average molecular weight is 177 g/mol. The van der Waals surface area contributed by atoms with Crippen molar-refractivity contribution in [2.24, 2.45) is 0 Å². The molecule has 0 unspecified atom stereocenters. The molecule has 0 bridgehead atoms. The van der Waals surface area contributed by atoms with Crippen molar-refractivity contribution in [3.05, 3.63) is 23.5 Å². The van der Waals surface area contributed by atoms with Crippen LogP contribution in [0.15, 0.2) is 12.3 Å². The van der Waals surface area contributed by atoms with Gasteiger partial charge in [0.2, 0.25) is 0 Å². The van der Waals surface area contributed by atoms with Crippen LogP contribution in [-0.4, -0.2) is 10.1 Å². The number of pyridine rings is 1. The molecule has 66 valence electrons. The van der Waals surface area contributed by atoms with Gasteiger partial charge in [0.05, 0.1) is 11.9 Å². The molecule has 0 saturated heterocycles. The summed E-state index contributed by atoms with van der Waals surface area (Å²) in [7, 11) is 0. The van der Waals surface area contributed by atoms with Crippen LogP contribution in [0.5, 0.6) is 5.75 Å². The van der Waals surface area contributed by atoms with Crippen LogP contribution >= 0.6 is 0 Å². The highest BCUT2D eigenvalue weighted by atomic mass is 19.3. The number of hydrogen-bond donors (Lipinski definition) is 1. The van der Waals surface area contributed by atoms with Crippen molar-refractivity contribution in [2.45, 2.75) is 13.1 Å². The first-order valence-corrected chi connectivity index (χ1v) is 3.17. The number of alkyl halides is 3. The minimum Gasteiger partial charge on any atom is -0.506 e. The lowest BCUT2D eigenvalue weighted by molar-refractivity contribution is 0.148. The SMILES string of the molecule is Oc1cnc(CF)c(C(F)F)c1. The maximum Gasteiger partial charge on any atom is 0.265 e. The average Bonchev–Trinajstić information content (AvgIpc) is 2.04. The van der Waals surface area contributed by atoms with E-state index >= 15 is 0 Å². The van der Waals surface area contributed by atoms with Gasteiger partial charge < -0.3 is 5.11 Å². The van der Waals surface area contributed by atoms with Gasteiger partial charge >= 0.3 is 0 Å². The Kier molecular flexibility index (Phi) is 2.52. The predicted octanol–water partition coefficient (Wildman–Crippen LogP) is 2.19. The van der Waals surface area contributed by atoms with Crippen LogP contribution in [0.3, 0.4) is 0 Å². The smallest absolute Gasteiger partial charge is 0.265 e. The van der Waals surface area contributed by atoms with Crippen LogP contribution in [0.4, 0.5) is 13.2 Å². The standard InChI is InChI=1S/C7H6F3NO/c8-2-6-5(7(9)10)1-4(12)3-11-6/h1,3,7,12H,2H2. The first-order chi connectivity index (χ1) is 5.65. The number of rotatable bonds is 2. The van der Waals surface area contributed by atoms with Gasteiger partial charge in [-0.2, -0.15) is 0 Å². The Hall–Kier alpha value is -1.26. The van der Waals surface area contributed by atoms with E-state index in [2.05, 4.69) is 4.98 Å². The summed E-state index contributed by atoms with van der Waals surface area (Å²) >= 11 is 0. The van der Waals surface area contributed by atoms with E-state index in [1.165, 1.54) is 0 Å². The van der Waals surface area contributed by atoms with Crippen LogP contribution in [0.2, 0.25) is 0 Å². The van der Waals surface area contributed by atoms with E-state index in [-0.39, 0.29) is 11.4 Å². The molecular weight excluding hydrogens is 171 g/mol. The highest BCUT2D eigenvalue weighted by molar-refractivity contribution is 5.28. The van der Waals surface area contributed by atoms with Gasteiger partial charge in [-0.3, -0.25) is 4.98 Å². The van der Waals surface area contributed by atoms with Gasteiger partial charge in [-0.1, -0.05) is 0 Å². The van der Waals surface area contributed by atoms with Crippen LogP contribution in [0.25, 0.3) is 0 Å². The maximum absolute atomic E-state index is 12.1. The minimum atomic E-state index is -2.81. The maximum atomic E-state index is 12.1. The number of halogens is 3. The van der Waals surface area contributed by atoms with Crippen molar-refractivity contribution in [1.82, 2.24) is 4.98 Å². The van der Waals surface area contributed by atoms with Crippen molar-refractivity contribution >= 4 is 0 Å². The second-order valence-corrected chi connectivity index (χ2v) is 2.16. The fraction of sp³-hybridized carbons (Fsp3) is 0.286. The molecule has 5 heteroatoms. The molecule has 0 spiro atoms. The Labute approximate surface area is 66.7 Å². The molecule has 0 aromatic carbocycles. The number of aromatic nitrogens is 1. The van der Waals surface area contributed by atoms with E-state index in [0.29, 0.717) is 0 Å². The molecule has 0 amide bonds. The normalized spacial score (nSPS) is 10.7. The summed E-state index contributed by atoms with van der Waals surface area (Å²) in [6.45, 7) is -1.06. The Morgan fingerprint density at radius 3 is 2.67 bits per heavy atom. The fourth-order valence-corrected chi connectivity index (χ4v) is 0.799. The second kappa shape index (κ2) is 3.42. The molecule has 12 heavy (non-hydrogen) atoms. The van der Waals surface area contributed by atoms with E-state index in [1.54, 1.807) is 0 Å². The van der Waals surface area contributed by atoms with E-state index < -0.39 is 18.7 Å². The van der Waals surface area contributed by atoms with Crippen molar-refractivity contribution in [1.29, 1.82) is 0 Å². The zero-order chi connectivity index (χ0) is 9.14. The molecule has 0 aliphatic carbocycles. The zero-order valence-corrected chi connectivity index (χ0v) is 5.97. The molecule has 0 aliphatic rings. The summed E-state index contributed by atoms with van der Waals surface area (Å²) < 4.78 is 36.2. The van der Waals surface area contributed by atoms with Crippen LogP contribution in [-0.2, 0) is 6.67 Å². The van der Waals surface area contributed by atoms with Gasteiger partial charge in [0.1, 0.15) is 12.4 Å². The molecule has 1 heterocycles. The minimum absolute atomic E-state index is 0.331. The highest BCUT2D eigenvalue weighted by Gasteiger charge is 2.14. The highest BCUT2D eigenvalue weighted by Crippen LogP contribution is 2.25. The van der Waals surface area contributed by atoms with Crippen molar-refractivity contribution in [3.8, 4) is 5.75 Å². The first-order valence-electron chi connectivity index (χ1n) is 3.17. The lowest BCUT2D eigenvalue weighted by Crippen LogP contribution is -1.95. The van der Waals surface area contributed by atoms with E-state index in [1.807, 2.05) is 0 Å². The Morgan fingerprint density at radius 2 is 2.17 bits per heavy atom. The summed E-state index contributed by atoms with van der Waals surface area (Å²) in [5.41, 5.74) is -0.889. The van der Waals surface area contributed by atoms with Gasteiger partial charge in [0, 0.05) is 5.56 Å². The monoisotopic (exact) mass is 177 g/mol. The van der Waals surface area contributed by atoms with Crippen molar-refractivity contribution in [2.75, 3.05) is 0 Å². The molecule has 0 fully saturated rings. The van der Waals surface area contributed by atoms with Crippen LogP contribution < -0.4 is 0 Å². The Balaban J connectivity index is 3.12. The second-order valence-electron chi connectivity index (χ2n) is 2.16. The van der Waals surface area contributed by atoms with E-state index in [0.717, 1.165) is 12.3 Å². The first kappa shape index (κ1) is 8.83. The fourth-order valence-electron chi connectivity index (χ4n) is 0.799. The van der Waals surface area contributed by atoms with Gasteiger partial charge in [-0.25, -0.2) is 13.2 Å². The molecule has 1 aromatic rings. The topological polar surface area (TPSA) is 33.1 Å². The Morgan fingerprint density at radius 1 is 1.50 bits per heavy atom. The van der Waals surface area contributed by atoms with Crippen molar-refractivity contribution < 1.29 is 18.3 Å². The van der Waals surface area contributed by atoms with Crippen LogP contribution in [0.1, 0.15) is 17.7 Å².